The molecule has 0 bridgehead atoms. The predicted octanol–water partition coefficient (Wildman–Crippen LogP) is 7.74. The van der Waals surface area contributed by atoms with Crippen LogP contribution >= 0.6 is 0 Å². The van der Waals surface area contributed by atoms with Crippen molar-refractivity contribution in [2.24, 2.45) is 23.7 Å². The Kier molecular flexibility index (Phi) is 12.9. The number of aliphatic imine (C=N–C) groups is 1. The molecule has 0 unspecified atom stereocenters. The van der Waals surface area contributed by atoms with Gasteiger partial charge in [-0.25, -0.2) is 0 Å². The molecular formula is C34H52F3N5O. The second-order valence-corrected chi connectivity index (χ2v) is 12.3. The van der Waals surface area contributed by atoms with Crippen LogP contribution in [0.2, 0.25) is 0 Å². The lowest BCUT2D eigenvalue weighted by Gasteiger charge is -2.35. The van der Waals surface area contributed by atoms with Crippen LogP contribution in [0.1, 0.15) is 89.8 Å². The summed E-state index contributed by atoms with van der Waals surface area (Å²) in [6.45, 7) is 16.5. The number of hydrogen-bond acceptors (Lipinski definition) is 5. The first-order valence-electron chi connectivity index (χ1n) is 15.9. The average Bonchev–Trinajstić information content (AvgIpc) is 3.42. The molecule has 9 heteroatoms. The molecule has 2 saturated heterocycles. The Morgan fingerprint density at radius 2 is 1.86 bits per heavy atom. The number of alkyl halides is 3. The number of nitrogens with two attached hydrogens (primary N) is 1. The van der Waals surface area contributed by atoms with Crippen LogP contribution in [0, 0.1) is 12.8 Å². The van der Waals surface area contributed by atoms with E-state index in [9.17, 15) is 13.2 Å². The van der Waals surface area contributed by atoms with Crippen LogP contribution in [0.15, 0.2) is 40.8 Å². The van der Waals surface area contributed by atoms with Crippen molar-refractivity contribution in [3.8, 4) is 11.1 Å². The summed E-state index contributed by atoms with van der Waals surface area (Å²) in [5.41, 5.74) is 11.9. The summed E-state index contributed by atoms with van der Waals surface area (Å²) in [5.74, 6) is 0.432. The third kappa shape index (κ3) is 9.67. The molecule has 43 heavy (non-hydrogen) atoms. The monoisotopic (exact) mass is 603 g/mol. The fourth-order valence-corrected chi connectivity index (χ4v) is 5.59. The highest BCUT2D eigenvalue weighted by Gasteiger charge is 2.34. The summed E-state index contributed by atoms with van der Waals surface area (Å²) in [6, 6.07) is 3.91. The van der Waals surface area contributed by atoms with Crippen molar-refractivity contribution in [2.75, 3.05) is 26.3 Å². The van der Waals surface area contributed by atoms with Gasteiger partial charge < -0.3 is 10.5 Å². The highest BCUT2D eigenvalue weighted by molar-refractivity contribution is 6.02. The number of halogens is 3. The summed E-state index contributed by atoms with van der Waals surface area (Å²) >= 11 is 0. The number of rotatable bonds is 8. The lowest BCUT2D eigenvalue weighted by molar-refractivity contribution is -0.137. The maximum Gasteiger partial charge on any atom is 0.417 e. The van der Waals surface area contributed by atoms with Gasteiger partial charge in [0.2, 0.25) is 0 Å². The Morgan fingerprint density at radius 1 is 1.16 bits per heavy atom. The average molecular weight is 604 g/mol. The summed E-state index contributed by atoms with van der Waals surface area (Å²) < 4.78 is 46.8. The molecule has 0 amide bonds. The number of benzene rings is 1. The number of hydrogen-bond donors (Lipinski definition) is 1. The van der Waals surface area contributed by atoms with E-state index >= 15 is 0 Å². The van der Waals surface area contributed by atoms with Crippen LogP contribution in [0.5, 0.6) is 0 Å². The maximum atomic E-state index is 13.3. The van der Waals surface area contributed by atoms with E-state index in [-0.39, 0.29) is 5.56 Å². The molecular weight excluding hydrogens is 551 g/mol. The zero-order chi connectivity index (χ0) is 31.7. The van der Waals surface area contributed by atoms with Crippen LogP contribution < -0.4 is 5.73 Å². The van der Waals surface area contributed by atoms with Crippen molar-refractivity contribution in [3.63, 3.8) is 0 Å². The zero-order valence-corrected chi connectivity index (χ0v) is 27.2. The summed E-state index contributed by atoms with van der Waals surface area (Å²) in [7, 11) is 1.70. The molecule has 0 spiro atoms. The molecule has 2 aliphatic heterocycles. The number of likely N-dealkylation sites (tertiary alicyclic amines) is 1. The summed E-state index contributed by atoms with van der Waals surface area (Å²) in [5, 5.41) is 3.98. The number of unbranched alkanes of at least 4 members (excludes halogenated alkanes) is 1. The number of allylic oxidation sites excluding steroid dienone is 1. The lowest BCUT2D eigenvalue weighted by Crippen LogP contribution is -2.42. The maximum absolute atomic E-state index is 13.3. The first-order valence-corrected chi connectivity index (χ1v) is 15.9. The zero-order valence-electron chi connectivity index (χ0n) is 27.2. The first-order chi connectivity index (χ1) is 20.3. The molecule has 2 N–H and O–H groups in total. The van der Waals surface area contributed by atoms with E-state index in [1.165, 1.54) is 28.2 Å². The Labute approximate surface area is 256 Å². The van der Waals surface area contributed by atoms with Crippen molar-refractivity contribution in [2.45, 2.75) is 105 Å². The molecule has 1 atom stereocenters. The molecule has 4 rings (SSSR count). The summed E-state index contributed by atoms with van der Waals surface area (Å²) in [6.07, 6.45) is 5.73. The van der Waals surface area contributed by atoms with Gasteiger partial charge in [0.15, 0.2) is 0 Å². The van der Waals surface area contributed by atoms with Gasteiger partial charge in [0.05, 0.1) is 17.8 Å². The molecule has 1 aromatic heterocycles. The van der Waals surface area contributed by atoms with Crippen LogP contribution in [-0.4, -0.2) is 58.8 Å². The van der Waals surface area contributed by atoms with Crippen LogP contribution in [0.3, 0.4) is 0 Å². The van der Waals surface area contributed by atoms with Gasteiger partial charge in [0.25, 0.3) is 0 Å². The molecule has 6 nitrogen and oxygen atoms in total. The molecule has 2 aromatic rings. The topological polar surface area (TPSA) is 68.7 Å². The number of aryl methyl sites for hydroxylation is 3. The summed E-state index contributed by atoms with van der Waals surface area (Å²) in [4.78, 5) is 7.59. The molecule has 0 saturated carbocycles. The van der Waals surface area contributed by atoms with E-state index in [0.29, 0.717) is 29.1 Å². The SMILES string of the molecule is CCCCc1cc(-c2cnn(C)c2)c(C(F)(F)F)cc1C.CC[C@@H](C)/C(N)=C1\CN(C(C)C)CCC1=NC1CCOCC1. The molecule has 2 fully saturated rings. The number of aromatic nitrogens is 2. The van der Waals surface area contributed by atoms with E-state index in [1.807, 2.05) is 0 Å². The van der Waals surface area contributed by atoms with E-state index in [2.05, 4.69) is 44.6 Å². The smallest absolute Gasteiger partial charge is 0.402 e. The minimum Gasteiger partial charge on any atom is -0.402 e. The van der Waals surface area contributed by atoms with Crippen LogP contribution in [0.4, 0.5) is 13.2 Å². The molecule has 2 aliphatic rings. The minimum atomic E-state index is -4.36. The van der Waals surface area contributed by atoms with Crippen molar-refractivity contribution in [3.05, 3.63) is 52.5 Å². The molecule has 240 valence electrons. The second-order valence-electron chi connectivity index (χ2n) is 12.3. The van der Waals surface area contributed by atoms with Gasteiger partial charge in [-0.3, -0.25) is 14.6 Å². The molecule has 1 aromatic carbocycles. The second kappa shape index (κ2) is 15.9. The van der Waals surface area contributed by atoms with Gasteiger partial charge in [0, 0.05) is 74.6 Å². The Balaban J connectivity index is 0.000000236. The Bertz CT molecular complexity index is 1240. The number of nitrogens with zero attached hydrogens (tertiary/aromatic N) is 4. The third-order valence-corrected chi connectivity index (χ3v) is 8.69. The van der Waals surface area contributed by atoms with Gasteiger partial charge in [0.1, 0.15) is 0 Å². The number of ether oxygens (including phenoxy) is 1. The van der Waals surface area contributed by atoms with Crippen molar-refractivity contribution in [1.29, 1.82) is 0 Å². The first kappa shape index (κ1) is 34.8. The third-order valence-electron chi connectivity index (χ3n) is 8.69. The van der Waals surface area contributed by atoms with Crippen molar-refractivity contribution in [1.82, 2.24) is 14.7 Å². The molecule has 3 heterocycles. The molecule has 0 aliphatic carbocycles. The fraction of sp³-hybridized carbons (Fsp3) is 0.647. The largest absolute Gasteiger partial charge is 0.417 e. The Morgan fingerprint density at radius 3 is 2.42 bits per heavy atom. The van der Waals surface area contributed by atoms with Crippen molar-refractivity contribution >= 4 is 5.71 Å². The van der Waals surface area contributed by atoms with E-state index in [0.717, 1.165) is 82.5 Å². The van der Waals surface area contributed by atoms with E-state index in [4.69, 9.17) is 15.5 Å². The normalized spacial score (nSPS) is 19.8. The van der Waals surface area contributed by atoms with Crippen LogP contribution in [-0.2, 0) is 24.4 Å². The van der Waals surface area contributed by atoms with Gasteiger partial charge in [-0.2, -0.15) is 18.3 Å². The van der Waals surface area contributed by atoms with Crippen molar-refractivity contribution < 1.29 is 17.9 Å². The van der Waals surface area contributed by atoms with Gasteiger partial charge in [-0.15, -0.1) is 0 Å². The molecule has 0 radical (unpaired) electrons. The highest BCUT2D eigenvalue weighted by atomic mass is 19.4. The van der Waals surface area contributed by atoms with Gasteiger partial charge >= 0.3 is 6.18 Å². The fourth-order valence-electron chi connectivity index (χ4n) is 5.59. The van der Waals surface area contributed by atoms with E-state index < -0.39 is 11.7 Å². The Hall–Kier alpha value is -2.65. The van der Waals surface area contributed by atoms with Gasteiger partial charge in [-0.05, 0) is 81.5 Å². The van der Waals surface area contributed by atoms with Crippen LogP contribution in [0.25, 0.3) is 11.1 Å². The minimum absolute atomic E-state index is 0.215. The number of piperidine rings is 1. The predicted molar refractivity (Wildman–Crippen MR) is 170 cm³/mol. The van der Waals surface area contributed by atoms with Gasteiger partial charge in [-0.1, -0.05) is 33.3 Å². The standard InChI is InChI=1S/C18H33N3O.C16H19F3N2/c1-5-14(4)18(19)16-12-21(13(2)3)9-6-17(16)20-15-7-10-22-11-8-15;1-4-5-6-12-8-14(13-9-20-21(3)10-13)15(7-11(12)2)16(17,18)19/h13-15H,5-12,19H2,1-4H3;7-10H,4-6H2,1-3H3/b18-16-,20-17?;/t14-;/m1./s1. The van der Waals surface area contributed by atoms with E-state index in [1.54, 1.807) is 26.2 Å². The highest BCUT2D eigenvalue weighted by Crippen LogP contribution is 2.39. The lowest BCUT2D eigenvalue weighted by atomic mass is 9.92. The quantitative estimate of drug-likeness (QED) is 0.335.